The summed E-state index contributed by atoms with van der Waals surface area (Å²) in [6.45, 7) is 18.4. The zero-order valence-corrected chi connectivity index (χ0v) is 18.9. The molecule has 1 N–H and O–H groups in total. The Morgan fingerprint density at radius 1 is 1.15 bits per heavy atom. The van der Waals surface area contributed by atoms with Gasteiger partial charge >= 0.3 is 0 Å². The third kappa shape index (κ3) is 4.76. The van der Waals surface area contributed by atoms with Gasteiger partial charge in [-0.05, 0) is 38.4 Å². The molecule has 0 aromatic heterocycles. The number of hydrogen-bond donors (Lipinski definition) is 1. The Kier molecular flexibility index (Phi) is 7.66. The minimum Gasteiger partial charge on any atom is -0.414 e. The van der Waals surface area contributed by atoms with Crippen LogP contribution in [0.25, 0.3) is 0 Å². The number of rotatable bonds is 8. The van der Waals surface area contributed by atoms with E-state index < -0.39 is 38.2 Å². The lowest BCUT2D eigenvalue weighted by Crippen LogP contribution is -2.68. The molecule has 0 amide bonds. The van der Waals surface area contributed by atoms with Gasteiger partial charge in [0.05, 0.1) is 12.7 Å². The molecule has 6 nitrogen and oxygen atoms in total. The Labute approximate surface area is 159 Å². The van der Waals surface area contributed by atoms with E-state index >= 15 is 0 Å². The van der Waals surface area contributed by atoms with Crippen LogP contribution in [0.15, 0.2) is 12.7 Å². The molecular formula is C19H38O6Si. The molecule has 0 radical (unpaired) electrons. The average Bonchev–Trinajstić information content (AvgIpc) is 2.54. The fourth-order valence-corrected chi connectivity index (χ4v) is 3.65. The summed E-state index contributed by atoms with van der Waals surface area (Å²) in [5.74, 6) is -2.30. The molecule has 1 saturated heterocycles. The van der Waals surface area contributed by atoms with Gasteiger partial charge in [-0.3, -0.25) is 0 Å². The summed E-state index contributed by atoms with van der Waals surface area (Å²) in [4.78, 5) is 0. The first-order valence-corrected chi connectivity index (χ1v) is 12.1. The van der Waals surface area contributed by atoms with Crippen LogP contribution < -0.4 is 0 Å². The van der Waals surface area contributed by atoms with Crippen molar-refractivity contribution in [2.45, 2.75) is 89.1 Å². The minimum atomic E-state index is -1.98. The lowest BCUT2D eigenvalue weighted by Gasteiger charge is -2.53. The smallest absolute Gasteiger partial charge is 0.220 e. The number of hydrogen-bond acceptors (Lipinski definition) is 6. The van der Waals surface area contributed by atoms with Gasteiger partial charge in [0, 0.05) is 14.2 Å². The third-order valence-electron chi connectivity index (χ3n) is 5.91. The predicted molar refractivity (Wildman–Crippen MR) is 105 cm³/mol. The Balaban J connectivity index is 3.09. The summed E-state index contributed by atoms with van der Waals surface area (Å²) >= 11 is 0. The van der Waals surface area contributed by atoms with Crippen LogP contribution in [0, 0.1) is 0 Å². The molecule has 0 spiro atoms. The second-order valence-corrected chi connectivity index (χ2v) is 13.5. The zero-order chi connectivity index (χ0) is 20.4. The van der Waals surface area contributed by atoms with E-state index in [4.69, 9.17) is 23.4 Å². The SMILES string of the molecule is C=CC[C@@H](O)[C@@H]1O[C@@](C)(OC)[C@](C)(OC)O[C@H]1CO[Si](C)(C)C(C)(C)C. The third-order valence-corrected chi connectivity index (χ3v) is 10.4. The maximum Gasteiger partial charge on any atom is 0.220 e. The molecule has 7 heteroatoms. The molecule has 1 heterocycles. The zero-order valence-electron chi connectivity index (χ0n) is 17.9. The first-order valence-electron chi connectivity index (χ1n) is 9.16. The lowest BCUT2D eigenvalue weighted by atomic mass is 9.99. The number of methoxy groups -OCH3 is 2. The lowest BCUT2D eigenvalue weighted by molar-refractivity contribution is -0.455. The van der Waals surface area contributed by atoms with Crippen LogP contribution in [0.3, 0.4) is 0 Å². The van der Waals surface area contributed by atoms with Crippen molar-refractivity contribution in [1.82, 2.24) is 0 Å². The molecule has 0 aliphatic carbocycles. The quantitative estimate of drug-likeness (QED) is 0.506. The monoisotopic (exact) mass is 390 g/mol. The number of ether oxygens (including phenoxy) is 4. The van der Waals surface area contributed by atoms with Crippen LogP contribution in [-0.4, -0.2) is 64.1 Å². The Morgan fingerprint density at radius 3 is 2.08 bits per heavy atom. The molecular weight excluding hydrogens is 352 g/mol. The van der Waals surface area contributed by atoms with Crippen molar-refractivity contribution in [3.8, 4) is 0 Å². The molecule has 0 aromatic rings. The fourth-order valence-electron chi connectivity index (χ4n) is 2.64. The van der Waals surface area contributed by atoms with Crippen molar-refractivity contribution in [1.29, 1.82) is 0 Å². The molecule has 1 aliphatic heterocycles. The highest BCUT2D eigenvalue weighted by molar-refractivity contribution is 6.74. The van der Waals surface area contributed by atoms with Gasteiger partial charge in [0.1, 0.15) is 12.2 Å². The minimum absolute atomic E-state index is 0.0728. The molecule has 1 fully saturated rings. The van der Waals surface area contributed by atoms with E-state index in [1.807, 2.05) is 0 Å². The molecule has 1 aliphatic rings. The molecule has 0 saturated carbocycles. The van der Waals surface area contributed by atoms with Gasteiger partial charge in [-0.2, -0.15) is 0 Å². The van der Waals surface area contributed by atoms with Crippen molar-refractivity contribution in [2.24, 2.45) is 0 Å². The van der Waals surface area contributed by atoms with Gasteiger partial charge in [0.25, 0.3) is 0 Å². The van der Waals surface area contributed by atoms with Gasteiger partial charge < -0.3 is 28.5 Å². The summed E-state index contributed by atoms with van der Waals surface area (Å²) < 4.78 is 29.9. The Bertz CT molecular complexity index is 477. The molecule has 154 valence electrons. The second kappa shape index (κ2) is 8.39. The summed E-state index contributed by atoms with van der Waals surface area (Å²) in [6, 6.07) is 0. The van der Waals surface area contributed by atoms with E-state index in [-0.39, 0.29) is 5.04 Å². The fraction of sp³-hybridized carbons (Fsp3) is 0.895. The first-order chi connectivity index (χ1) is 11.8. The maximum absolute atomic E-state index is 10.6. The van der Waals surface area contributed by atoms with Crippen LogP contribution in [0.2, 0.25) is 18.1 Å². The van der Waals surface area contributed by atoms with Crippen LogP contribution in [0.4, 0.5) is 0 Å². The Hall–Kier alpha value is -0.283. The molecule has 26 heavy (non-hydrogen) atoms. The maximum atomic E-state index is 10.6. The predicted octanol–water partition coefficient (Wildman–Crippen LogP) is 3.45. The number of aliphatic hydroxyl groups excluding tert-OH is 1. The standard InChI is InChI=1S/C19H38O6Si/c1-11-12-14(20)16-15(13-23-26(9,10)17(2,3)4)24-18(5,21-7)19(6,22-8)25-16/h11,14-16,20H,1,12-13H2,2-10H3/t14-,15+,16+,18-,19-/m1/s1. The van der Waals surface area contributed by atoms with E-state index in [2.05, 4.69) is 40.4 Å². The van der Waals surface area contributed by atoms with Crippen molar-refractivity contribution < 1.29 is 28.5 Å². The topological polar surface area (TPSA) is 66.4 Å². The van der Waals surface area contributed by atoms with Crippen molar-refractivity contribution in [2.75, 3.05) is 20.8 Å². The van der Waals surface area contributed by atoms with E-state index in [1.165, 1.54) is 7.11 Å². The highest BCUT2D eigenvalue weighted by Gasteiger charge is 2.58. The van der Waals surface area contributed by atoms with Crippen LogP contribution in [0.1, 0.15) is 41.0 Å². The van der Waals surface area contributed by atoms with Crippen LogP contribution in [-0.2, 0) is 23.4 Å². The first kappa shape index (κ1) is 23.8. The van der Waals surface area contributed by atoms with E-state index in [0.717, 1.165) is 0 Å². The van der Waals surface area contributed by atoms with Gasteiger partial charge in [0.2, 0.25) is 11.6 Å². The van der Waals surface area contributed by atoms with Crippen molar-refractivity contribution in [3.63, 3.8) is 0 Å². The van der Waals surface area contributed by atoms with E-state index in [1.54, 1.807) is 27.0 Å². The highest BCUT2D eigenvalue weighted by Crippen LogP contribution is 2.42. The molecule has 0 bridgehead atoms. The van der Waals surface area contributed by atoms with Crippen LogP contribution >= 0.6 is 0 Å². The van der Waals surface area contributed by atoms with Gasteiger partial charge in [-0.1, -0.05) is 26.8 Å². The molecule has 0 unspecified atom stereocenters. The molecule has 1 rings (SSSR count). The summed E-state index contributed by atoms with van der Waals surface area (Å²) in [7, 11) is 1.10. The van der Waals surface area contributed by atoms with Gasteiger partial charge in [-0.15, -0.1) is 6.58 Å². The van der Waals surface area contributed by atoms with Crippen molar-refractivity contribution >= 4 is 8.32 Å². The summed E-state index contributed by atoms with van der Waals surface area (Å²) in [6.07, 6.45) is 0.150. The van der Waals surface area contributed by atoms with E-state index in [0.29, 0.717) is 13.0 Å². The molecule has 0 aromatic carbocycles. The summed E-state index contributed by atoms with van der Waals surface area (Å²) in [5, 5.41) is 10.7. The summed E-state index contributed by atoms with van der Waals surface area (Å²) in [5.41, 5.74) is 0. The highest BCUT2D eigenvalue weighted by atomic mass is 28.4. The second-order valence-electron chi connectivity index (χ2n) is 8.70. The number of aliphatic hydroxyl groups is 1. The van der Waals surface area contributed by atoms with Gasteiger partial charge in [0.15, 0.2) is 8.32 Å². The van der Waals surface area contributed by atoms with Gasteiger partial charge in [-0.25, -0.2) is 0 Å². The van der Waals surface area contributed by atoms with Crippen LogP contribution in [0.5, 0.6) is 0 Å². The Morgan fingerprint density at radius 2 is 1.65 bits per heavy atom. The largest absolute Gasteiger partial charge is 0.414 e. The normalized spacial score (nSPS) is 34.5. The average molecular weight is 391 g/mol. The molecule has 5 atom stereocenters. The van der Waals surface area contributed by atoms with Crippen molar-refractivity contribution in [3.05, 3.63) is 12.7 Å². The van der Waals surface area contributed by atoms with E-state index in [9.17, 15) is 5.11 Å².